The summed E-state index contributed by atoms with van der Waals surface area (Å²) in [5.41, 5.74) is 1.52. The zero-order valence-electron chi connectivity index (χ0n) is 16.6. The van der Waals surface area contributed by atoms with E-state index in [2.05, 4.69) is 30.2 Å². The Kier molecular flexibility index (Phi) is 8.04. The largest absolute Gasteiger partial charge is 0.434 e. The van der Waals surface area contributed by atoms with Gasteiger partial charge in [-0.3, -0.25) is 4.99 Å². The number of nitrogens with zero attached hydrogens (tertiary/aromatic N) is 3. The number of nitrogens with one attached hydrogen (secondary N) is 2. The van der Waals surface area contributed by atoms with Crippen molar-refractivity contribution in [1.82, 2.24) is 15.6 Å². The summed E-state index contributed by atoms with van der Waals surface area (Å²) in [6.07, 6.45) is 1.77. The van der Waals surface area contributed by atoms with E-state index in [0.29, 0.717) is 36.3 Å². The van der Waals surface area contributed by atoms with Gasteiger partial charge in [0.15, 0.2) is 5.96 Å². The molecule has 10 heteroatoms. The molecular formula is C20H24ClF2N5O2. The maximum Gasteiger partial charge on any atom is 0.387 e. The van der Waals surface area contributed by atoms with Gasteiger partial charge in [0.2, 0.25) is 0 Å². The van der Waals surface area contributed by atoms with Gasteiger partial charge in [0.25, 0.3) is 0 Å². The molecule has 162 valence electrons. The molecular weight excluding hydrogens is 416 g/mol. The number of ether oxygens (including phenoxy) is 2. The van der Waals surface area contributed by atoms with Crippen molar-refractivity contribution in [3.63, 3.8) is 0 Å². The Bertz CT molecular complexity index is 863. The fourth-order valence-corrected chi connectivity index (χ4v) is 3.30. The van der Waals surface area contributed by atoms with Crippen LogP contribution in [0.1, 0.15) is 11.1 Å². The molecule has 2 heterocycles. The van der Waals surface area contributed by atoms with E-state index in [4.69, 9.17) is 16.3 Å². The maximum atomic E-state index is 12.6. The molecule has 0 bridgehead atoms. The number of anilines is 1. The second kappa shape index (κ2) is 10.9. The highest BCUT2D eigenvalue weighted by molar-refractivity contribution is 6.30. The lowest BCUT2D eigenvalue weighted by molar-refractivity contribution is -0.0504. The minimum atomic E-state index is -2.91. The van der Waals surface area contributed by atoms with Crippen molar-refractivity contribution in [2.24, 2.45) is 4.99 Å². The van der Waals surface area contributed by atoms with Crippen LogP contribution in [0.4, 0.5) is 14.6 Å². The number of morpholine rings is 1. The summed E-state index contributed by atoms with van der Waals surface area (Å²) in [5.74, 6) is 1.49. The number of hydrogen-bond acceptors (Lipinski definition) is 5. The van der Waals surface area contributed by atoms with E-state index in [9.17, 15) is 8.78 Å². The number of guanidine groups is 1. The number of aromatic nitrogens is 1. The number of hydrogen-bond donors (Lipinski definition) is 2. The normalized spacial score (nSPS) is 14.7. The number of aliphatic imine (C=N–C) groups is 1. The first-order valence-corrected chi connectivity index (χ1v) is 9.89. The molecule has 0 unspecified atom stereocenters. The van der Waals surface area contributed by atoms with Crippen LogP contribution in [0.25, 0.3) is 0 Å². The molecule has 1 aliphatic rings. The minimum absolute atomic E-state index is 0.0687. The number of benzene rings is 1. The highest BCUT2D eigenvalue weighted by Crippen LogP contribution is 2.24. The molecule has 0 radical (unpaired) electrons. The molecule has 0 aliphatic carbocycles. The van der Waals surface area contributed by atoms with Crippen LogP contribution in [0.5, 0.6) is 5.75 Å². The number of halogens is 3. The number of rotatable bonds is 7. The van der Waals surface area contributed by atoms with Gasteiger partial charge >= 0.3 is 6.61 Å². The smallest absolute Gasteiger partial charge is 0.387 e. The lowest BCUT2D eigenvalue weighted by Crippen LogP contribution is -2.39. The highest BCUT2D eigenvalue weighted by atomic mass is 35.5. The van der Waals surface area contributed by atoms with E-state index in [-0.39, 0.29) is 12.3 Å². The molecule has 2 N–H and O–H groups in total. The standard InChI is InChI=1S/C20H24ClF2N5O2/c1-24-20(27-13-15-11-16(21)4-5-17(15)30-19(22)23)26-12-14-3-2-6-25-18(14)28-7-9-29-10-8-28/h2-6,11,19H,7-10,12-13H2,1H3,(H2,24,26,27). The SMILES string of the molecule is CN=C(NCc1cc(Cl)ccc1OC(F)F)NCc1cccnc1N1CCOCC1. The predicted molar refractivity (Wildman–Crippen MR) is 112 cm³/mol. The minimum Gasteiger partial charge on any atom is -0.434 e. The lowest BCUT2D eigenvalue weighted by Gasteiger charge is -2.29. The first kappa shape index (κ1) is 22.0. The molecule has 1 fully saturated rings. The maximum absolute atomic E-state index is 12.6. The zero-order chi connectivity index (χ0) is 21.3. The first-order valence-electron chi connectivity index (χ1n) is 9.51. The van der Waals surface area contributed by atoms with E-state index >= 15 is 0 Å². The second-order valence-corrected chi connectivity index (χ2v) is 6.93. The molecule has 0 amide bonds. The average Bonchev–Trinajstić information content (AvgIpc) is 2.76. The van der Waals surface area contributed by atoms with E-state index in [1.165, 1.54) is 12.1 Å². The molecule has 0 atom stereocenters. The Balaban J connectivity index is 1.62. The lowest BCUT2D eigenvalue weighted by atomic mass is 10.2. The van der Waals surface area contributed by atoms with Crippen LogP contribution in [0.15, 0.2) is 41.5 Å². The summed E-state index contributed by atoms with van der Waals surface area (Å²) in [4.78, 5) is 10.9. The summed E-state index contributed by atoms with van der Waals surface area (Å²) >= 11 is 6.00. The molecule has 3 rings (SSSR count). The molecule has 1 aromatic carbocycles. The third kappa shape index (κ3) is 6.17. The monoisotopic (exact) mass is 439 g/mol. The van der Waals surface area contributed by atoms with E-state index < -0.39 is 6.61 Å². The molecule has 30 heavy (non-hydrogen) atoms. The van der Waals surface area contributed by atoms with Crippen LogP contribution in [0.2, 0.25) is 5.02 Å². The first-order chi connectivity index (χ1) is 14.6. The Labute approximate surface area is 179 Å². The van der Waals surface area contributed by atoms with Crippen molar-refractivity contribution >= 4 is 23.4 Å². The van der Waals surface area contributed by atoms with Crippen molar-refractivity contribution < 1.29 is 18.3 Å². The van der Waals surface area contributed by atoms with Crippen LogP contribution in [-0.4, -0.2) is 50.9 Å². The summed E-state index contributed by atoms with van der Waals surface area (Å²) < 4.78 is 35.2. The molecule has 0 saturated carbocycles. The molecule has 1 aromatic heterocycles. The van der Waals surface area contributed by atoms with Gasteiger partial charge < -0.3 is 25.0 Å². The fourth-order valence-electron chi connectivity index (χ4n) is 3.10. The number of pyridine rings is 1. The van der Waals surface area contributed by atoms with Crippen LogP contribution in [0, 0.1) is 0 Å². The van der Waals surface area contributed by atoms with Gasteiger partial charge in [-0.25, -0.2) is 4.98 Å². The van der Waals surface area contributed by atoms with Gasteiger partial charge in [0, 0.05) is 55.6 Å². The van der Waals surface area contributed by atoms with Gasteiger partial charge in [-0.05, 0) is 24.3 Å². The zero-order valence-corrected chi connectivity index (χ0v) is 17.3. The second-order valence-electron chi connectivity index (χ2n) is 6.50. The molecule has 1 saturated heterocycles. The van der Waals surface area contributed by atoms with Gasteiger partial charge in [-0.1, -0.05) is 17.7 Å². The van der Waals surface area contributed by atoms with Crippen molar-refractivity contribution in [1.29, 1.82) is 0 Å². The van der Waals surface area contributed by atoms with E-state index in [0.717, 1.165) is 24.5 Å². The van der Waals surface area contributed by atoms with Crippen molar-refractivity contribution in [3.05, 3.63) is 52.7 Å². The van der Waals surface area contributed by atoms with E-state index in [1.807, 2.05) is 12.1 Å². The molecule has 0 spiro atoms. The van der Waals surface area contributed by atoms with Crippen LogP contribution in [-0.2, 0) is 17.8 Å². The van der Waals surface area contributed by atoms with Crippen molar-refractivity contribution in [2.75, 3.05) is 38.3 Å². The van der Waals surface area contributed by atoms with Crippen LogP contribution < -0.4 is 20.3 Å². The Morgan fingerprint density at radius 3 is 2.67 bits per heavy atom. The average molecular weight is 440 g/mol. The van der Waals surface area contributed by atoms with Gasteiger partial charge in [-0.15, -0.1) is 0 Å². The van der Waals surface area contributed by atoms with Gasteiger partial charge in [0.05, 0.1) is 13.2 Å². The topological polar surface area (TPSA) is 71.0 Å². The van der Waals surface area contributed by atoms with Gasteiger partial charge in [-0.2, -0.15) is 8.78 Å². The summed E-state index contributed by atoms with van der Waals surface area (Å²) in [6.45, 7) is 0.732. The number of alkyl halides is 2. The highest BCUT2D eigenvalue weighted by Gasteiger charge is 2.16. The third-order valence-corrected chi connectivity index (χ3v) is 4.77. The quantitative estimate of drug-likeness (QED) is 0.510. The van der Waals surface area contributed by atoms with Crippen molar-refractivity contribution in [3.8, 4) is 5.75 Å². The summed E-state index contributed by atoms with van der Waals surface area (Å²) in [7, 11) is 1.63. The Morgan fingerprint density at radius 1 is 1.23 bits per heavy atom. The third-order valence-electron chi connectivity index (χ3n) is 4.53. The van der Waals surface area contributed by atoms with Crippen LogP contribution >= 0.6 is 11.6 Å². The Morgan fingerprint density at radius 2 is 1.97 bits per heavy atom. The summed E-state index contributed by atoms with van der Waals surface area (Å²) in [6, 6.07) is 8.40. The van der Waals surface area contributed by atoms with E-state index in [1.54, 1.807) is 19.3 Å². The molecule has 7 nitrogen and oxygen atoms in total. The fraction of sp³-hybridized carbons (Fsp3) is 0.400. The van der Waals surface area contributed by atoms with Crippen LogP contribution in [0.3, 0.4) is 0 Å². The van der Waals surface area contributed by atoms with Crippen molar-refractivity contribution in [2.45, 2.75) is 19.7 Å². The summed E-state index contributed by atoms with van der Waals surface area (Å²) in [5, 5.41) is 6.76. The molecule has 2 aromatic rings. The molecule has 1 aliphatic heterocycles. The Hall–Kier alpha value is -2.65. The van der Waals surface area contributed by atoms with Gasteiger partial charge in [0.1, 0.15) is 11.6 Å². The predicted octanol–water partition coefficient (Wildman–Crippen LogP) is 3.04.